The van der Waals surface area contributed by atoms with Crippen molar-refractivity contribution in [1.29, 1.82) is 0 Å². The second kappa shape index (κ2) is 9.21. The van der Waals surface area contributed by atoms with Gasteiger partial charge in [0.1, 0.15) is 17.3 Å². The number of sulfone groups is 1. The number of methoxy groups -OCH3 is 1. The van der Waals surface area contributed by atoms with Crippen LogP contribution < -0.4 is 10.6 Å². The van der Waals surface area contributed by atoms with Gasteiger partial charge in [0.15, 0.2) is 9.84 Å². The van der Waals surface area contributed by atoms with Gasteiger partial charge in [0.2, 0.25) is 11.8 Å². The fraction of sp³-hybridized carbons (Fsp3) is 0.429. The second-order valence-corrected chi connectivity index (χ2v) is 6.85. The number of carbonyl (C=O) groups is 2. The van der Waals surface area contributed by atoms with Crippen molar-refractivity contribution in [2.75, 3.05) is 37.1 Å². The number of benzene rings is 1. The molecular weight excluding hydrogens is 327 g/mol. The summed E-state index contributed by atoms with van der Waals surface area (Å²) >= 11 is 0. The fourth-order valence-electron chi connectivity index (χ4n) is 1.68. The normalized spacial score (nSPS) is 11.0. The van der Waals surface area contributed by atoms with E-state index in [4.69, 9.17) is 4.74 Å². The van der Waals surface area contributed by atoms with Crippen LogP contribution in [0.2, 0.25) is 0 Å². The summed E-state index contributed by atoms with van der Waals surface area (Å²) in [5, 5.41) is 4.76. The zero-order chi connectivity index (χ0) is 17.3. The third-order valence-electron chi connectivity index (χ3n) is 2.68. The van der Waals surface area contributed by atoms with E-state index in [0.29, 0.717) is 19.6 Å². The van der Waals surface area contributed by atoms with E-state index in [1.165, 1.54) is 19.2 Å². The first-order valence-corrected chi connectivity index (χ1v) is 8.66. The Hall–Kier alpha value is -2.00. The molecule has 0 aliphatic heterocycles. The molecule has 1 aromatic rings. The van der Waals surface area contributed by atoms with E-state index in [-0.39, 0.29) is 5.69 Å². The Balaban J connectivity index is 2.42. The maximum absolute atomic E-state index is 12.7. The first-order chi connectivity index (χ1) is 10.8. The van der Waals surface area contributed by atoms with Crippen LogP contribution in [-0.2, 0) is 24.2 Å². The molecule has 0 saturated carbocycles. The summed E-state index contributed by atoms with van der Waals surface area (Å²) in [4.78, 5) is 23.2. The molecule has 0 saturated heterocycles. The molecule has 1 rings (SSSR count). The number of amides is 2. The largest absolute Gasteiger partial charge is 0.385 e. The number of hydrogen-bond acceptors (Lipinski definition) is 5. The number of anilines is 1. The van der Waals surface area contributed by atoms with E-state index in [9.17, 15) is 22.4 Å². The SMILES string of the molecule is COCCCNC(=O)CS(=O)(=O)CC(=O)Nc1ccc(F)cc1. The molecule has 0 radical (unpaired) electrons. The molecule has 0 aromatic heterocycles. The van der Waals surface area contributed by atoms with Gasteiger partial charge in [-0.25, -0.2) is 12.8 Å². The predicted octanol–water partition coefficient (Wildman–Crippen LogP) is 0.332. The standard InChI is InChI=1S/C14H19FN2O5S/c1-22-8-2-7-16-13(18)9-23(20,21)10-14(19)17-12-5-3-11(15)4-6-12/h3-6H,2,7-10H2,1H3,(H,16,18)(H,17,19). The molecule has 0 unspecified atom stereocenters. The van der Waals surface area contributed by atoms with Gasteiger partial charge in [-0.05, 0) is 30.7 Å². The maximum atomic E-state index is 12.7. The van der Waals surface area contributed by atoms with E-state index < -0.39 is 39.0 Å². The van der Waals surface area contributed by atoms with Crippen molar-refractivity contribution in [2.24, 2.45) is 0 Å². The molecule has 0 bridgehead atoms. The van der Waals surface area contributed by atoms with Crippen LogP contribution in [-0.4, -0.2) is 52.0 Å². The summed E-state index contributed by atoms with van der Waals surface area (Å²) in [5.74, 6) is -3.52. The van der Waals surface area contributed by atoms with Crippen molar-refractivity contribution < 1.29 is 27.1 Å². The van der Waals surface area contributed by atoms with E-state index >= 15 is 0 Å². The predicted molar refractivity (Wildman–Crippen MR) is 83.2 cm³/mol. The summed E-state index contributed by atoms with van der Waals surface area (Å²) < 4.78 is 41.1. The van der Waals surface area contributed by atoms with Gasteiger partial charge in [-0.2, -0.15) is 0 Å². The van der Waals surface area contributed by atoms with Crippen LogP contribution >= 0.6 is 0 Å². The van der Waals surface area contributed by atoms with Crippen molar-refractivity contribution >= 4 is 27.3 Å². The molecule has 7 nitrogen and oxygen atoms in total. The minimum absolute atomic E-state index is 0.274. The van der Waals surface area contributed by atoms with E-state index in [1.807, 2.05) is 0 Å². The highest BCUT2D eigenvalue weighted by molar-refractivity contribution is 7.92. The van der Waals surface area contributed by atoms with Crippen LogP contribution in [0.4, 0.5) is 10.1 Å². The molecule has 0 spiro atoms. The van der Waals surface area contributed by atoms with E-state index in [0.717, 1.165) is 12.1 Å². The smallest absolute Gasteiger partial charge is 0.239 e. The fourth-order valence-corrected chi connectivity index (χ4v) is 2.75. The monoisotopic (exact) mass is 346 g/mol. The molecule has 9 heteroatoms. The molecular formula is C14H19FN2O5S. The molecule has 0 atom stereocenters. The van der Waals surface area contributed by atoms with Crippen molar-refractivity contribution in [3.63, 3.8) is 0 Å². The van der Waals surface area contributed by atoms with Crippen LogP contribution in [0.15, 0.2) is 24.3 Å². The number of rotatable bonds is 9. The van der Waals surface area contributed by atoms with Gasteiger partial charge >= 0.3 is 0 Å². The number of nitrogens with one attached hydrogen (secondary N) is 2. The second-order valence-electron chi connectivity index (χ2n) is 4.78. The summed E-state index contributed by atoms with van der Waals surface area (Å²) in [7, 11) is -2.36. The zero-order valence-corrected chi connectivity index (χ0v) is 13.5. The lowest BCUT2D eigenvalue weighted by molar-refractivity contribution is -0.118. The molecule has 0 aliphatic rings. The number of hydrogen-bond donors (Lipinski definition) is 2. The lowest BCUT2D eigenvalue weighted by atomic mass is 10.3. The van der Waals surface area contributed by atoms with Gasteiger partial charge in [0.25, 0.3) is 0 Å². The Labute approximate surface area is 134 Å². The molecule has 0 fully saturated rings. The summed E-state index contributed by atoms with van der Waals surface area (Å²) in [5.41, 5.74) is 0.274. The van der Waals surface area contributed by atoms with Gasteiger partial charge in [0.05, 0.1) is 0 Å². The Morgan fingerprint density at radius 3 is 2.35 bits per heavy atom. The maximum Gasteiger partial charge on any atom is 0.239 e. The topological polar surface area (TPSA) is 102 Å². The lowest BCUT2D eigenvalue weighted by Crippen LogP contribution is -2.34. The molecule has 2 N–H and O–H groups in total. The van der Waals surface area contributed by atoms with Gasteiger partial charge in [-0.3, -0.25) is 9.59 Å². The van der Waals surface area contributed by atoms with Crippen molar-refractivity contribution in [3.05, 3.63) is 30.1 Å². The zero-order valence-electron chi connectivity index (χ0n) is 12.7. The average Bonchev–Trinajstić information content (AvgIpc) is 2.45. The molecule has 0 heterocycles. The van der Waals surface area contributed by atoms with Crippen molar-refractivity contribution in [2.45, 2.75) is 6.42 Å². The van der Waals surface area contributed by atoms with Crippen LogP contribution in [0, 0.1) is 5.82 Å². The van der Waals surface area contributed by atoms with E-state index in [1.54, 1.807) is 0 Å². The van der Waals surface area contributed by atoms with Crippen molar-refractivity contribution in [3.8, 4) is 0 Å². The average molecular weight is 346 g/mol. The molecule has 23 heavy (non-hydrogen) atoms. The molecule has 2 amide bonds. The molecule has 1 aromatic carbocycles. The number of halogens is 1. The van der Waals surface area contributed by atoms with Crippen LogP contribution in [0.1, 0.15) is 6.42 Å². The molecule has 0 aliphatic carbocycles. The number of carbonyl (C=O) groups excluding carboxylic acids is 2. The van der Waals surface area contributed by atoms with Gasteiger partial charge in [-0.1, -0.05) is 0 Å². The summed E-state index contributed by atoms with van der Waals surface area (Å²) in [6, 6.07) is 4.89. The van der Waals surface area contributed by atoms with Gasteiger partial charge in [0, 0.05) is 25.9 Å². The highest BCUT2D eigenvalue weighted by Gasteiger charge is 2.20. The van der Waals surface area contributed by atoms with Crippen LogP contribution in [0.3, 0.4) is 0 Å². The quantitative estimate of drug-likeness (QED) is 0.628. The Bertz CT molecular complexity index is 631. The minimum Gasteiger partial charge on any atom is -0.385 e. The third-order valence-corrected chi connectivity index (χ3v) is 4.08. The first kappa shape index (κ1) is 19.0. The van der Waals surface area contributed by atoms with E-state index in [2.05, 4.69) is 10.6 Å². The number of ether oxygens (including phenoxy) is 1. The highest BCUT2D eigenvalue weighted by atomic mass is 32.2. The van der Waals surface area contributed by atoms with Gasteiger partial charge in [-0.15, -0.1) is 0 Å². The Morgan fingerprint density at radius 2 is 1.74 bits per heavy atom. The highest BCUT2D eigenvalue weighted by Crippen LogP contribution is 2.08. The van der Waals surface area contributed by atoms with Crippen LogP contribution in [0.5, 0.6) is 0 Å². The first-order valence-electron chi connectivity index (χ1n) is 6.84. The third kappa shape index (κ3) is 8.27. The Morgan fingerprint density at radius 1 is 1.13 bits per heavy atom. The molecule has 128 valence electrons. The van der Waals surface area contributed by atoms with Crippen molar-refractivity contribution in [1.82, 2.24) is 5.32 Å². The lowest BCUT2D eigenvalue weighted by Gasteiger charge is -2.07. The summed E-state index contributed by atoms with van der Waals surface area (Å²) in [6.07, 6.45) is 0.563. The summed E-state index contributed by atoms with van der Waals surface area (Å²) in [6.45, 7) is 0.747. The minimum atomic E-state index is -3.88. The van der Waals surface area contributed by atoms with Crippen LogP contribution in [0.25, 0.3) is 0 Å². The van der Waals surface area contributed by atoms with Gasteiger partial charge < -0.3 is 15.4 Å². The Kier molecular flexibility index (Phi) is 7.63.